The van der Waals surface area contributed by atoms with E-state index >= 15 is 0 Å². The maximum absolute atomic E-state index is 12.9. The first-order valence-electron chi connectivity index (χ1n) is 8.25. The summed E-state index contributed by atoms with van der Waals surface area (Å²) in [4.78, 5) is 33.1. The summed E-state index contributed by atoms with van der Waals surface area (Å²) in [5, 5.41) is 0. The molecule has 2 heterocycles. The van der Waals surface area contributed by atoms with Gasteiger partial charge in [0.15, 0.2) is 0 Å². The number of pyridine rings is 1. The van der Waals surface area contributed by atoms with Gasteiger partial charge in [0.25, 0.3) is 11.8 Å². The highest BCUT2D eigenvalue weighted by atomic mass is 16.5. The molecule has 3 rings (SSSR count). The van der Waals surface area contributed by atoms with E-state index in [1.165, 1.54) is 4.90 Å². The average Bonchev–Trinajstić information content (AvgIpc) is 3.16. The minimum atomic E-state index is -0.467. The Morgan fingerprint density at radius 1 is 1.24 bits per heavy atom. The molecule has 1 aromatic heterocycles. The molecular weight excluding hydrogens is 318 g/mol. The molecule has 2 amide bonds. The molecule has 1 saturated heterocycles. The number of carbonyl (C=O) groups excluding carboxylic acids is 2. The van der Waals surface area contributed by atoms with Gasteiger partial charge in [-0.1, -0.05) is 18.2 Å². The summed E-state index contributed by atoms with van der Waals surface area (Å²) < 4.78 is 5.18. The summed E-state index contributed by atoms with van der Waals surface area (Å²) in [6, 6.07) is 12.0. The fourth-order valence-electron chi connectivity index (χ4n) is 3.06. The van der Waals surface area contributed by atoms with E-state index in [1.807, 2.05) is 18.2 Å². The molecule has 2 aromatic rings. The third kappa shape index (κ3) is 3.47. The van der Waals surface area contributed by atoms with Crippen LogP contribution in [0.15, 0.2) is 48.7 Å². The predicted octanol–water partition coefficient (Wildman–Crippen LogP) is 2.36. The van der Waals surface area contributed by atoms with Gasteiger partial charge in [-0.15, -0.1) is 0 Å². The smallest absolute Gasteiger partial charge is 0.254 e. The molecule has 1 aliphatic rings. The number of rotatable bonds is 4. The largest absolute Gasteiger partial charge is 0.497 e. The first-order chi connectivity index (χ1) is 12.1. The summed E-state index contributed by atoms with van der Waals surface area (Å²) in [5.41, 5.74) is 0.601. The normalized spacial score (nSPS) is 16.6. The van der Waals surface area contributed by atoms with E-state index in [0.29, 0.717) is 30.1 Å². The third-order valence-electron chi connectivity index (χ3n) is 4.45. The lowest BCUT2D eigenvalue weighted by molar-refractivity contribution is -0.122. The Kier molecular flexibility index (Phi) is 4.97. The fraction of sp³-hybridized carbons (Fsp3) is 0.316. The van der Waals surface area contributed by atoms with Crippen molar-refractivity contribution in [2.45, 2.75) is 18.9 Å². The van der Waals surface area contributed by atoms with Crippen molar-refractivity contribution in [2.24, 2.45) is 0 Å². The Bertz CT molecular complexity index is 764. The number of hydrogen-bond donors (Lipinski definition) is 0. The van der Waals surface area contributed by atoms with Crippen molar-refractivity contribution in [1.82, 2.24) is 9.88 Å². The first-order valence-corrected chi connectivity index (χ1v) is 8.25. The fourth-order valence-corrected chi connectivity index (χ4v) is 3.06. The van der Waals surface area contributed by atoms with Crippen molar-refractivity contribution < 1.29 is 14.3 Å². The Hall–Kier alpha value is -2.89. The van der Waals surface area contributed by atoms with Crippen LogP contribution < -0.4 is 9.64 Å². The van der Waals surface area contributed by atoms with E-state index < -0.39 is 6.04 Å². The number of aromatic nitrogens is 1. The average molecular weight is 339 g/mol. The highest BCUT2D eigenvalue weighted by Crippen LogP contribution is 2.24. The van der Waals surface area contributed by atoms with Gasteiger partial charge in [0.2, 0.25) is 0 Å². The van der Waals surface area contributed by atoms with Gasteiger partial charge in [-0.3, -0.25) is 14.5 Å². The standard InChI is InChI=1S/C19H21N3O3/c1-21(17-13-15(25-2)10-11-20-17)19(24)16-9-6-12-22(16)18(23)14-7-4-3-5-8-14/h3-5,7-8,10-11,13,16H,6,9,12H2,1-2H3/t16-/m1/s1. The Labute approximate surface area is 147 Å². The number of anilines is 1. The van der Waals surface area contributed by atoms with Gasteiger partial charge in [-0.2, -0.15) is 0 Å². The zero-order valence-electron chi connectivity index (χ0n) is 14.4. The van der Waals surface area contributed by atoms with E-state index in [0.717, 1.165) is 6.42 Å². The van der Waals surface area contributed by atoms with Crippen LogP contribution >= 0.6 is 0 Å². The van der Waals surface area contributed by atoms with Gasteiger partial charge in [0, 0.05) is 31.4 Å². The minimum absolute atomic E-state index is 0.108. The number of nitrogens with zero attached hydrogens (tertiary/aromatic N) is 3. The number of methoxy groups -OCH3 is 1. The molecular formula is C19H21N3O3. The van der Waals surface area contributed by atoms with Crippen molar-refractivity contribution >= 4 is 17.6 Å². The topological polar surface area (TPSA) is 62.7 Å². The summed E-state index contributed by atoms with van der Waals surface area (Å²) in [7, 11) is 3.24. The highest BCUT2D eigenvalue weighted by molar-refractivity contribution is 6.02. The summed E-state index contributed by atoms with van der Waals surface area (Å²) in [6.45, 7) is 0.587. The second kappa shape index (κ2) is 7.34. The zero-order valence-corrected chi connectivity index (χ0v) is 14.4. The molecule has 6 nitrogen and oxygen atoms in total. The van der Waals surface area contributed by atoms with E-state index in [9.17, 15) is 9.59 Å². The third-order valence-corrected chi connectivity index (χ3v) is 4.45. The van der Waals surface area contributed by atoms with Crippen LogP contribution in [0.25, 0.3) is 0 Å². The molecule has 0 unspecified atom stereocenters. The second-order valence-corrected chi connectivity index (χ2v) is 5.97. The molecule has 130 valence electrons. The van der Waals surface area contributed by atoms with Crippen LogP contribution in [0.4, 0.5) is 5.82 Å². The quantitative estimate of drug-likeness (QED) is 0.858. The molecule has 0 bridgehead atoms. The highest BCUT2D eigenvalue weighted by Gasteiger charge is 2.36. The van der Waals surface area contributed by atoms with Gasteiger partial charge >= 0.3 is 0 Å². The van der Waals surface area contributed by atoms with Gasteiger partial charge < -0.3 is 9.64 Å². The lowest BCUT2D eigenvalue weighted by Gasteiger charge is -2.27. The molecule has 0 aliphatic carbocycles. The summed E-state index contributed by atoms with van der Waals surface area (Å²) in [5.74, 6) is 0.891. The SMILES string of the molecule is COc1ccnc(N(C)C(=O)[C@H]2CCCN2C(=O)c2ccccc2)c1. The monoisotopic (exact) mass is 339 g/mol. The molecule has 25 heavy (non-hydrogen) atoms. The maximum Gasteiger partial charge on any atom is 0.254 e. The number of ether oxygens (including phenoxy) is 1. The lowest BCUT2D eigenvalue weighted by atomic mass is 10.1. The zero-order chi connectivity index (χ0) is 17.8. The molecule has 1 fully saturated rings. The Balaban J connectivity index is 1.79. The van der Waals surface area contributed by atoms with Crippen molar-refractivity contribution in [2.75, 3.05) is 25.6 Å². The maximum atomic E-state index is 12.9. The van der Waals surface area contributed by atoms with Crippen molar-refractivity contribution in [3.63, 3.8) is 0 Å². The molecule has 0 radical (unpaired) electrons. The number of likely N-dealkylation sites (tertiary alicyclic amines) is 1. The van der Waals surface area contributed by atoms with Crippen LogP contribution in [-0.2, 0) is 4.79 Å². The van der Waals surface area contributed by atoms with E-state index in [4.69, 9.17) is 4.74 Å². The molecule has 0 spiro atoms. The summed E-state index contributed by atoms with van der Waals surface area (Å²) in [6.07, 6.45) is 3.07. The molecule has 0 saturated carbocycles. The van der Waals surface area contributed by atoms with Crippen molar-refractivity contribution in [3.8, 4) is 5.75 Å². The van der Waals surface area contributed by atoms with E-state index in [-0.39, 0.29) is 11.8 Å². The molecule has 1 aliphatic heterocycles. The van der Waals surface area contributed by atoms with E-state index in [1.54, 1.807) is 49.5 Å². The predicted molar refractivity (Wildman–Crippen MR) is 94.7 cm³/mol. The van der Waals surface area contributed by atoms with Crippen LogP contribution in [0.3, 0.4) is 0 Å². The number of likely N-dealkylation sites (N-methyl/N-ethyl adjacent to an activating group) is 1. The number of hydrogen-bond acceptors (Lipinski definition) is 4. The first kappa shape index (κ1) is 17.0. The van der Waals surface area contributed by atoms with Gasteiger partial charge in [0.1, 0.15) is 17.6 Å². The Morgan fingerprint density at radius 3 is 2.72 bits per heavy atom. The van der Waals surface area contributed by atoms with Gasteiger partial charge in [-0.25, -0.2) is 4.98 Å². The lowest BCUT2D eigenvalue weighted by Crippen LogP contribution is -2.47. The molecule has 6 heteroatoms. The summed E-state index contributed by atoms with van der Waals surface area (Å²) >= 11 is 0. The number of benzene rings is 1. The van der Waals surface area contributed by atoms with Crippen LogP contribution in [0, 0.1) is 0 Å². The van der Waals surface area contributed by atoms with Gasteiger partial charge in [-0.05, 0) is 31.0 Å². The van der Waals surface area contributed by atoms with E-state index in [2.05, 4.69) is 4.98 Å². The van der Waals surface area contributed by atoms with Crippen LogP contribution in [-0.4, -0.2) is 48.4 Å². The van der Waals surface area contributed by atoms with Crippen LogP contribution in [0.1, 0.15) is 23.2 Å². The minimum Gasteiger partial charge on any atom is -0.497 e. The molecule has 1 aromatic carbocycles. The van der Waals surface area contributed by atoms with Gasteiger partial charge in [0.05, 0.1) is 7.11 Å². The Morgan fingerprint density at radius 2 is 2.00 bits per heavy atom. The molecule has 1 atom stereocenters. The molecule has 0 N–H and O–H groups in total. The van der Waals surface area contributed by atoms with Crippen molar-refractivity contribution in [3.05, 3.63) is 54.2 Å². The van der Waals surface area contributed by atoms with Crippen LogP contribution in [0.5, 0.6) is 5.75 Å². The van der Waals surface area contributed by atoms with Crippen LogP contribution in [0.2, 0.25) is 0 Å². The van der Waals surface area contributed by atoms with Crippen molar-refractivity contribution in [1.29, 1.82) is 0 Å². The number of carbonyl (C=O) groups is 2. The second-order valence-electron chi connectivity index (χ2n) is 5.97. The number of amides is 2.